The lowest BCUT2D eigenvalue weighted by Gasteiger charge is -2.14. The van der Waals surface area contributed by atoms with Gasteiger partial charge >= 0.3 is 0 Å². The van der Waals surface area contributed by atoms with Gasteiger partial charge in [-0.1, -0.05) is 11.6 Å². The molecule has 0 aliphatic heterocycles. The maximum Gasteiger partial charge on any atom is 0.227 e. The first kappa shape index (κ1) is 20.8. The molecule has 3 aromatic rings. The molecule has 0 aromatic carbocycles. The van der Waals surface area contributed by atoms with Crippen molar-refractivity contribution < 1.29 is 14.6 Å². The van der Waals surface area contributed by atoms with E-state index in [0.29, 0.717) is 51.9 Å². The minimum Gasteiger partial charge on any atom is -0.480 e. The van der Waals surface area contributed by atoms with Crippen LogP contribution in [0, 0.1) is 6.92 Å². The summed E-state index contributed by atoms with van der Waals surface area (Å²) >= 11 is 5.90. The van der Waals surface area contributed by atoms with Crippen molar-refractivity contribution in [3.05, 3.63) is 47.5 Å². The molecule has 0 aliphatic carbocycles. The number of anilines is 1. The van der Waals surface area contributed by atoms with Gasteiger partial charge < -0.3 is 19.9 Å². The van der Waals surface area contributed by atoms with Gasteiger partial charge in [-0.3, -0.25) is 0 Å². The van der Waals surface area contributed by atoms with Crippen molar-refractivity contribution >= 4 is 17.5 Å². The number of aliphatic hydroxyl groups is 1. The number of halogens is 1. The summed E-state index contributed by atoms with van der Waals surface area (Å²) < 4.78 is 11.3. The van der Waals surface area contributed by atoms with Crippen molar-refractivity contribution in [3.63, 3.8) is 0 Å². The zero-order valence-corrected chi connectivity index (χ0v) is 17.1. The summed E-state index contributed by atoms with van der Waals surface area (Å²) in [7, 11) is 1.55. The van der Waals surface area contributed by atoms with E-state index in [1.165, 1.54) is 0 Å². The second-order valence-electron chi connectivity index (χ2n) is 6.37. The molecule has 0 saturated carbocycles. The Hall–Kier alpha value is -2.97. The third-order valence-electron chi connectivity index (χ3n) is 4.12. The van der Waals surface area contributed by atoms with Crippen LogP contribution in [0.25, 0.3) is 11.3 Å². The zero-order valence-electron chi connectivity index (χ0n) is 16.4. The van der Waals surface area contributed by atoms with Crippen molar-refractivity contribution in [3.8, 4) is 28.6 Å². The van der Waals surface area contributed by atoms with Gasteiger partial charge in [0.15, 0.2) is 0 Å². The number of hydrogen-bond donors (Lipinski definition) is 2. The van der Waals surface area contributed by atoms with Gasteiger partial charge in [0.05, 0.1) is 24.1 Å². The third-order valence-corrected chi connectivity index (χ3v) is 4.33. The molecule has 0 aliphatic rings. The molecular formula is C20H22ClN5O3. The summed E-state index contributed by atoms with van der Waals surface area (Å²) in [5.41, 5.74) is 2.01. The van der Waals surface area contributed by atoms with Gasteiger partial charge in [0, 0.05) is 31.1 Å². The highest BCUT2D eigenvalue weighted by Crippen LogP contribution is 2.31. The molecule has 0 unspecified atom stereocenters. The van der Waals surface area contributed by atoms with Crippen LogP contribution in [0.4, 0.5) is 5.95 Å². The first-order chi connectivity index (χ1) is 14.0. The Bertz CT molecular complexity index is 986. The largest absolute Gasteiger partial charge is 0.480 e. The summed E-state index contributed by atoms with van der Waals surface area (Å²) in [6.45, 7) is 3.88. The van der Waals surface area contributed by atoms with Crippen LogP contribution in [0.1, 0.15) is 19.0 Å². The van der Waals surface area contributed by atoms with Crippen molar-refractivity contribution in [1.29, 1.82) is 0 Å². The van der Waals surface area contributed by atoms with E-state index >= 15 is 0 Å². The second kappa shape index (κ2) is 9.49. The zero-order chi connectivity index (χ0) is 20.8. The highest BCUT2D eigenvalue weighted by molar-refractivity contribution is 6.29. The summed E-state index contributed by atoms with van der Waals surface area (Å²) in [6.07, 6.45) is 3.83. The van der Waals surface area contributed by atoms with Crippen LogP contribution in [0.2, 0.25) is 5.15 Å². The lowest BCUT2D eigenvalue weighted by atomic mass is 10.2. The number of ether oxygens (including phenoxy) is 2. The number of hydrogen-bond acceptors (Lipinski definition) is 8. The number of nitrogens with zero attached hydrogens (tertiary/aromatic N) is 4. The van der Waals surface area contributed by atoms with Gasteiger partial charge in [-0.25, -0.2) is 15.0 Å². The van der Waals surface area contributed by atoms with Crippen LogP contribution in [-0.2, 0) is 0 Å². The monoisotopic (exact) mass is 415 g/mol. The molecule has 3 aromatic heterocycles. The number of methoxy groups -OCH3 is 1. The molecule has 8 nitrogen and oxygen atoms in total. The van der Waals surface area contributed by atoms with E-state index in [1.807, 2.05) is 26.0 Å². The Balaban J connectivity index is 1.83. The highest BCUT2D eigenvalue weighted by atomic mass is 35.5. The number of nitrogens with one attached hydrogen (secondary N) is 1. The SMILES string of the molecule is COc1nc(N[C@H](C)CCO)ncc1-c1ccc(Oc2ccnc(Cl)c2)c(C)n1. The third kappa shape index (κ3) is 5.30. The van der Waals surface area contributed by atoms with Crippen molar-refractivity contribution in [2.45, 2.75) is 26.3 Å². The number of aliphatic hydroxyl groups excluding tert-OH is 1. The van der Waals surface area contributed by atoms with Crippen LogP contribution >= 0.6 is 11.6 Å². The fourth-order valence-corrected chi connectivity index (χ4v) is 2.80. The van der Waals surface area contributed by atoms with Crippen LogP contribution in [0.15, 0.2) is 36.7 Å². The Morgan fingerprint density at radius 1 is 1.21 bits per heavy atom. The van der Waals surface area contributed by atoms with Gasteiger partial charge in [0.25, 0.3) is 0 Å². The molecule has 29 heavy (non-hydrogen) atoms. The molecule has 152 valence electrons. The Labute approximate surface area is 173 Å². The molecular weight excluding hydrogens is 394 g/mol. The number of rotatable bonds is 8. The van der Waals surface area contributed by atoms with Gasteiger partial charge in [0.2, 0.25) is 11.8 Å². The molecule has 1 atom stereocenters. The molecule has 3 heterocycles. The van der Waals surface area contributed by atoms with Crippen LogP contribution < -0.4 is 14.8 Å². The summed E-state index contributed by atoms with van der Waals surface area (Å²) in [5, 5.41) is 12.5. The minimum absolute atomic E-state index is 0.0362. The first-order valence-corrected chi connectivity index (χ1v) is 9.43. The normalized spacial score (nSPS) is 11.8. The Kier molecular flexibility index (Phi) is 6.79. The van der Waals surface area contributed by atoms with Gasteiger partial charge in [-0.15, -0.1) is 0 Å². The molecule has 0 saturated heterocycles. The molecule has 9 heteroatoms. The number of aromatic nitrogens is 4. The molecule has 2 N–H and O–H groups in total. The minimum atomic E-state index is 0.0362. The van der Waals surface area contributed by atoms with E-state index in [0.717, 1.165) is 0 Å². The topological polar surface area (TPSA) is 102 Å². The quantitative estimate of drug-likeness (QED) is 0.534. The Morgan fingerprint density at radius 3 is 2.72 bits per heavy atom. The van der Waals surface area contributed by atoms with E-state index in [1.54, 1.807) is 31.6 Å². The summed E-state index contributed by atoms with van der Waals surface area (Å²) in [6, 6.07) is 7.03. The molecule has 0 fully saturated rings. The van der Waals surface area contributed by atoms with Gasteiger partial charge in [-0.2, -0.15) is 4.98 Å². The van der Waals surface area contributed by atoms with Crippen molar-refractivity contribution in [1.82, 2.24) is 19.9 Å². The Morgan fingerprint density at radius 2 is 2.03 bits per heavy atom. The van der Waals surface area contributed by atoms with E-state index in [-0.39, 0.29) is 12.6 Å². The van der Waals surface area contributed by atoms with Crippen molar-refractivity contribution in [2.24, 2.45) is 0 Å². The average Bonchev–Trinajstić information content (AvgIpc) is 2.69. The van der Waals surface area contributed by atoms with Crippen LogP contribution in [0.3, 0.4) is 0 Å². The lowest BCUT2D eigenvalue weighted by molar-refractivity contribution is 0.282. The predicted octanol–water partition coefficient (Wildman–Crippen LogP) is 3.88. The highest BCUT2D eigenvalue weighted by Gasteiger charge is 2.14. The van der Waals surface area contributed by atoms with Crippen LogP contribution in [0.5, 0.6) is 17.4 Å². The first-order valence-electron chi connectivity index (χ1n) is 9.06. The summed E-state index contributed by atoms with van der Waals surface area (Å²) in [4.78, 5) is 17.3. The molecule has 0 amide bonds. The molecule has 0 spiro atoms. The average molecular weight is 416 g/mol. The van der Waals surface area contributed by atoms with Crippen LogP contribution in [-0.4, -0.2) is 44.8 Å². The molecule has 0 radical (unpaired) electrons. The van der Waals surface area contributed by atoms with Gasteiger partial charge in [0.1, 0.15) is 16.7 Å². The maximum absolute atomic E-state index is 9.03. The molecule has 0 bridgehead atoms. The number of aryl methyl sites for hydroxylation is 1. The lowest BCUT2D eigenvalue weighted by Crippen LogP contribution is -2.18. The van der Waals surface area contributed by atoms with E-state index in [4.69, 9.17) is 26.2 Å². The second-order valence-corrected chi connectivity index (χ2v) is 6.76. The molecule has 3 rings (SSSR count). The van der Waals surface area contributed by atoms with E-state index < -0.39 is 0 Å². The smallest absolute Gasteiger partial charge is 0.227 e. The summed E-state index contributed by atoms with van der Waals surface area (Å²) in [5.74, 6) is 2.01. The van der Waals surface area contributed by atoms with Crippen molar-refractivity contribution in [2.75, 3.05) is 19.0 Å². The fraction of sp³-hybridized carbons (Fsp3) is 0.300. The van der Waals surface area contributed by atoms with E-state index in [9.17, 15) is 0 Å². The number of pyridine rings is 2. The predicted molar refractivity (Wildman–Crippen MR) is 111 cm³/mol. The maximum atomic E-state index is 9.03. The van der Waals surface area contributed by atoms with Gasteiger partial charge in [-0.05, 0) is 38.5 Å². The van der Waals surface area contributed by atoms with E-state index in [2.05, 4.69) is 25.3 Å². The fourth-order valence-electron chi connectivity index (χ4n) is 2.63. The standard InChI is InChI=1S/C20H22ClN5O3/c1-12(7-9-27)24-20-23-11-15(19(26-20)28-3)16-4-5-17(13(2)25-16)29-14-6-8-22-18(21)10-14/h4-6,8,10-12,27H,7,9H2,1-3H3,(H,23,24,26)/t12-/m1/s1.